The van der Waals surface area contributed by atoms with E-state index in [2.05, 4.69) is 24.4 Å². The van der Waals surface area contributed by atoms with Gasteiger partial charge in [0.15, 0.2) is 0 Å². The summed E-state index contributed by atoms with van der Waals surface area (Å²) in [7, 11) is 0. The van der Waals surface area contributed by atoms with Crippen LogP contribution in [0.1, 0.15) is 26.2 Å². The van der Waals surface area contributed by atoms with Crippen molar-refractivity contribution in [2.75, 3.05) is 0 Å². The summed E-state index contributed by atoms with van der Waals surface area (Å²) in [6.45, 7) is 2.05. The van der Waals surface area contributed by atoms with Gasteiger partial charge in [-0.2, -0.15) is 5.26 Å². The van der Waals surface area contributed by atoms with Gasteiger partial charge in [0.1, 0.15) is 0 Å². The molecule has 11 heavy (non-hydrogen) atoms. The Morgan fingerprint density at radius 3 is 2.82 bits per heavy atom. The van der Waals surface area contributed by atoms with Crippen LogP contribution in [-0.4, -0.2) is 11.2 Å². The Bertz CT molecular complexity index is 154. The summed E-state index contributed by atoms with van der Waals surface area (Å²) in [6, 6.07) is 0. The van der Waals surface area contributed by atoms with Crippen molar-refractivity contribution >= 4 is 18.6 Å². The minimum absolute atomic E-state index is 0.154. The monoisotopic (exact) mass is 176 g/mol. The van der Waals surface area contributed by atoms with Crippen molar-refractivity contribution in [1.82, 2.24) is 0 Å². The molecule has 0 aromatic heterocycles. The molecule has 0 rings (SSSR count). The first kappa shape index (κ1) is 10.5. The zero-order valence-electron chi connectivity index (χ0n) is 6.41. The van der Waals surface area contributed by atoms with Crippen LogP contribution in [-0.2, 0) is 9.68 Å². The predicted molar refractivity (Wildman–Crippen MR) is 45.3 cm³/mol. The second-order valence-electron chi connectivity index (χ2n) is 2.11. The van der Waals surface area contributed by atoms with Gasteiger partial charge in [0, 0.05) is 0 Å². The van der Waals surface area contributed by atoms with Gasteiger partial charge in [-0.1, -0.05) is 25.8 Å². The number of carbonyl (C=O) groups excluding carboxylic acids is 1. The van der Waals surface area contributed by atoms with Gasteiger partial charge in [0.2, 0.25) is 0 Å². The lowest BCUT2D eigenvalue weighted by atomic mass is 10.2. The topological polar surface area (TPSA) is 46.5 Å². The molecule has 0 amide bonds. The van der Waals surface area contributed by atoms with Crippen LogP contribution < -0.4 is 0 Å². The van der Waals surface area contributed by atoms with Gasteiger partial charge in [-0.15, -0.1) is 12.6 Å². The largest absolute Gasteiger partial charge is 0.378 e. The van der Waals surface area contributed by atoms with Crippen LogP contribution in [0.5, 0.6) is 0 Å². The number of allylic oxidation sites excluding steroid dienone is 1. The zero-order chi connectivity index (χ0) is 8.69. The van der Waals surface area contributed by atoms with Gasteiger partial charge < -0.3 is 0 Å². The highest BCUT2D eigenvalue weighted by atomic mass is 32.1. The minimum atomic E-state index is -0.801. The highest BCUT2D eigenvalue weighted by molar-refractivity contribution is 7.85. The molecule has 0 aliphatic carbocycles. The van der Waals surface area contributed by atoms with Crippen LogP contribution in [0, 0.1) is 0 Å². The van der Waals surface area contributed by atoms with E-state index in [1.54, 1.807) is 6.08 Å². The number of thiol groups is 1. The summed E-state index contributed by atoms with van der Waals surface area (Å²) in [6.07, 6.45) is 4.48. The Balaban J connectivity index is 3.71. The first-order chi connectivity index (χ1) is 5.22. The predicted octanol–water partition coefficient (Wildman–Crippen LogP) is 2.01. The molecule has 0 radical (unpaired) electrons. The third-order valence-corrected chi connectivity index (χ3v) is 1.55. The molecule has 0 fully saturated rings. The fourth-order valence-electron chi connectivity index (χ4n) is 0.573. The average molecular weight is 176 g/mol. The van der Waals surface area contributed by atoms with Crippen LogP contribution in [0.15, 0.2) is 11.0 Å². The lowest BCUT2D eigenvalue weighted by molar-refractivity contribution is -0.228. The number of carbonyl (C=O) groups is 1. The molecule has 0 saturated heterocycles. The fourth-order valence-corrected chi connectivity index (χ4v) is 0.743. The van der Waals surface area contributed by atoms with Crippen LogP contribution >= 0.6 is 12.6 Å². The highest BCUT2D eigenvalue weighted by Crippen LogP contribution is 2.06. The summed E-state index contributed by atoms with van der Waals surface area (Å²) in [5.41, 5.74) is 0. The van der Waals surface area contributed by atoms with Crippen LogP contribution in [0.4, 0.5) is 0 Å². The maximum absolute atomic E-state index is 10.5. The van der Waals surface area contributed by atoms with Gasteiger partial charge in [0.05, 0.1) is 4.91 Å². The highest BCUT2D eigenvalue weighted by Gasteiger charge is 2.03. The summed E-state index contributed by atoms with van der Waals surface area (Å²) in [5, 5.41) is 7.92. The summed E-state index contributed by atoms with van der Waals surface area (Å²) in [5.74, 6) is -0.801. The molecule has 64 valence electrons. The molecular formula is C7H12O3S. The van der Waals surface area contributed by atoms with Crippen LogP contribution in [0.2, 0.25) is 0 Å². The van der Waals surface area contributed by atoms with E-state index >= 15 is 0 Å². The first-order valence-corrected chi connectivity index (χ1v) is 3.92. The third-order valence-electron chi connectivity index (χ3n) is 1.19. The summed E-state index contributed by atoms with van der Waals surface area (Å²) in [4.78, 5) is 14.1. The smallest absolute Gasteiger partial charge is 0.295 e. The van der Waals surface area contributed by atoms with Crippen molar-refractivity contribution in [3.8, 4) is 0 Å². The fraction of sp³-hybridized carbons (Fsp3) is 0.571. The zero-order valence-corrected chi connectivity index (χ0v) is 7.30. The molecule has 0 aromatic carbocycles. The van der Waals surface area contributed by atoms with Crippen molar-refractivity contribution < 1.29 is 14.9 Å². The third kappa shape index (κ3) is 4.86. The number of rotatable bonds is 4. The Morgan fingerprint density at radius 2 is 2.36 bits per heavy atom. The van der Waals surface area contributed by atoms with Gasteiger partial charge in [-0.05, 0) is 6.42 Å². The molecule has 3 nitrogen and oxygen atoms in total. The van der Waals surface area contributed by atoms with Crippen molar-refractivity contribution in [1.29, 1.82) is 0 Å². The quantitative estimate of drug-likeness (QED) is 0.226. The molecule has 0 unspecified atom stereocenters. The lowest BCUT2D eigenvalue weighted by Crippen LogP contribution is -1.99. The Kier molecular flexibility index (Phi) is 5.97. The van der Waals surface area contributed by atoms with E-state index in [-0.39, 0.29) is 4.91 Å². The van der Waals surface area contributed by atoms with Gasteiger partial charge in [-0.3, -0.25) is 4.89 Å². The maximum atomic E-state index is 10.5. The van der Waals surface area contributed by atoms with Gasteiger partial charge in [-0.25, -0.2) is 4.79 Å². The molecule has 0 bridgehead atoms. The van der Waals surface area contributed by atoms with Crippen LogP contribution in [0.25, 0.3) is 0 Å². The lowest BCUT2D eigenvalue weighted by Gasteiger charge is -1.94. The SMILES string of the molecule is CCCCC=C(S)C(=O)OO. The van der Waals surface area contributed by atoms with E-state index in [0.717, 1.165) is 19.3 Å². The average Bonchev–Trinajstić information content (AvgIpc) is 2.03. The second-order valence-corrected chi connectivity index (χ2v) is 2.59. The van der Waals surface area contributed by atoms with Crippen molar-refractivity contribution in [2.24, 2.45) is 0 Å². The molecule has 0 aliphatic heterocycles. The standard InChI is InChI=1S/C7H12O3S/c1-2-3-4-5-6(11)7(8)10-9/h5,9,11H,2-4H2,1H3. The molecule has 0 heterocycles. The Morgan fingerprint density at radius 1 is 1.73 bits per heavy atom. The van der Waals surface area contributed by atoms with E-state index in [0.29, 0.717) is 0 Å². The summed E-state index contributed by atoms with van der Waals surface area (Å²) >= 11 is 3.80. The first-order valence-electron chi connectivity index (χ1n) is 3.47. The van der Waals surface area contributed by atoms with Crippen molar-refractivity contribution in [3.63, 3.8) is 0 Å². The van der Waals surface area contributed by atoms with Gasteiger partial charge >= 0.3 is 5.97 Å². The van der Waals surface area contributed by atoms with E-state index in [1.165, 1.54) is 0 Å². The molecule has 0 aliphatic rings. The number of hydrogen-bond acceptors (Lipinski definition) is 4. The molecule has 0 atom stereocenters. The minimum Gasteiger partial charge on any atom is -0.295 e. The van der Waals surface area contributed by atoms with Gasteiger partial charge in [0.25, 0.3) is 0 Å². The molecule has 0 spiro atoms. The normalized spacial score (nSPS) is 11.4. The van der Waals surface area contributed by atoms with Crippen molar-refractivity contribution in [2.45, 2.75) is 26.2 Å². The molecule has 0 aromatic rings. The number of hydrogen-bond donors (Lipinski definition) is 2. The Labute approximate surface area is 71.4 Å². The maximum Gasteiger partial charge on any atom is 0.378 e. The van der Waals surface area contributed by atoms with E-state index in [4.69, 9.17) is 5.26 Å². The Hall–Kier alpha value is -0.480. The molecule has 1 N–H and O–H groups in total. The molecule has 0 saturated carbocycles. The second kappa shape index (κ2) is 6.24. The van der Waals surface area contributed by atoms with E-state index in [1.807, 2.05) is 0 Å². The van der Waals surface area contributed by atoms with E-state index in [9.17, 15) is 4.79 Å². The molecule has 4 heteroatoms. The van der Waals surface area contributed by atoms with Crippen molar-refractivity contribution in [3.05, 3.63) is 11.0 Å². The van der Waals surface area contributed by atoms with E-state index < -0.39 is 5.97 Å². The molecular weight excluding hydrogens is 164 g/mol. The van der Waals surface area contributed by atoms with Crippen LogP contribution in [0.3, 0.4) is 0 Å². The number of unbranched alkanes of at least 4 members (excludes halogenated alkanes) is 2. The summed E-state index contributed by atoms with van der Waals surface area (Å²) < 4.78 is 0.